The zero-order valence-corrected chi connectivity index (χ0v) is 16.0. The fourth-order valence-electron chi connectivity index (χ4n) is 3.16. The van der Waals surface area contributed by atoms with Crippen molar-refractivity contribution < 1.29 is 19.4 Å². The quantitative estimate of drug-likeness (QED) is 0.479. The maximum Gasteiger partial charge on any atom is 0.255 e. The van der Waals surface area contributed by atoms with Gasteiger partial charge in [-0.3, -0.25) is 9.59 Å². The summed E-state index contributed by atoms with van der Waals surface area (Å²) in [7, 11) is 0. The number of rotatable bonds is 7. The van der Waals surface area contributed by atoms with Crippen LogP contribution in [0.5, 0.6) is 11.5 Å². The number of aldehydes is 1. The molecule has 28 heavy (non-hydrogen) atoms. The summed E-state index contributed by atoms with van der Waals surface area (Å²) in [6.07, 6.45) is 1.37. The third-order valence-corrected chi connectivity index (χ3v) is 4.63. The standard InChI is InChI=1S/C23H23NO4/c1-15-7-10-21(16(2)13-15)28-12-4-11-24-23(27)20-9-8-18-17(14-25)5-3-6-19(18)22(20)26/h3,5-10,13-14,26H,4,11-12H2,1-2H3,(H,24,27). The van der Waals surface area contributed by atoms with E-state index in [9.17, 15) is 14.7 Å². The maximum absolute atomic E-state index is 12.4. The van der Waals surface area contributed by atoms with Gasteiger partial charge in [0.2, 0.25) is 0 Å². The lowest BCUT2D eigenvalue weighted by Crippen LogP contribution is -2.25. The number of benzene rings is 3. The second-order valence-electron chi connectivity index (χ2n) is 6.75. The zero-order valence-electron chi connectivity index (χ0n) is 16.0. The van der Waals surface area contributed by atoms with Crippen molar-refractivity contribution in [1.29, 1.82) is 0 Å². The third kappa shape index (κ3) is 4.14. The predicted molar refractivity (Wildman–Crippen MR) is 109 cm³/mol. The van der Waals surface area contributed by atoms with Crippen molar-refractivity contribution >= 4 is 23.0 Å². The Labute approximate surface area is 164 Å². The number of aromatic hydroxyl groups is 1. The molecule has 5 nitrogen and oxygen atoms in total. The van der Waals surface area contributed by atoms with Gasteiger partial charge in [-0.1, -0.05) is 42.0 Å². The van der Waals surface area contributed by atoms with Crippen LogP contribution < -0.4 is 10.1 Å². The van der Waals surface area contributed by atoms with E-state index in [4.69, 9.17) is 4.74 Å². The van der Waals surface area contributed by atoms with Gasteiger partial charge in [0, 0.05) is 17.5 Å². The van der Waals surface area contributed by atoms with Crippen molar-refractivity contribution in [2.24, 2.45) is 0 Å². The number of amides is 1. The highest BCUT2D eigenvalue weighted by Crippen LogP contribution is 2.30. The predicted octanol–water partition coefficient (Wildman–Crippen LogP) is 4.17. The molecule has 0 aliphatic heterocycles. The number of hydrogen-bond acceptors (Lipinski definition) is 4. The lowest BCUT2D eigenvalue weighted by molar-refractivity contribution is 0.0949. The third-order valence-electron chi connectivity index (χ3n) is 4.63. The van der Waals surface area contributed by atoms with E-state index in [0.717, 1.165) is 17.6 Å². The van der Waals surface area contributed by atoms with E-state index >= 15 is 0 Å². The number of ether oxygens (including phenoxy) is 1. The number of fused-ring (bicyclic) bond motifs is 1. The second kappa shape index (κ2) is 8.57. The van der Waals surface area contributed by atoms with Crippen LogP contribution in [-0.4, -0.2) is 30.5 Å². The van der Waals surface area contributed by atoms with Crippen LogP contribution in [0.4, 0.5) is 0 Å². The van der Waals surface area contributed by atoms with Crippen LogP contribution in [0.25, 0.3) is 10.8 Å². The van der Waals surface area contributed by atoms with Crippen molar-refractivity contribution in [2.45, 2.75) is 20.3 Å². The molecule has 144 valence electrons. The minimum absolute atomic E-state index is 0.120. The van der Waals surface area contributed by atoms with E-state index in [-0.39, 0.29) is 17.2 Å². The Morgan fingerprint density at radius 1 is 1.11 bits per heavy atom. The van der Waals surface area contributed by atoms with E-state index in [2.05, 4.69) is 11.4 Å². The summed E-state index contributed by atoms with van der Waals surface area (Å²) in [5.74, 6) is 0.364. The molecular weight excluding hydrogens is 354 g/mol. The first-order valence-electron chi connectivity index (χ1n) is 9.19. The van der Waals surface area contributed by atoms with Crippen molar-refractivity contribution in [3.63, 3.8) is 0 Å². The average Bonchev–Trinajstić information content (AvgIpc) is 2.69. The Bertz CT molecular complexity index is 1030. The SMILES string of the molecule is Cc1ccc(OCCCNC(=O)c2ccc3c(C=O)cccc3c2O)c(C)c1. The van der Waals surface area contributed by atoms with E-state index in [0.29, 0.717) is 35.9 Å². The molecule has 0 aromatic heterocycles. The number of phenols is 1. The minimum atomic E-state index is -0.359. The number of hydrogen-bond donors (Lipinski definition) is 2. The van der Waals surface area contributed by atoms with Gasteiger partial charge in [-0.05, 0) is 43.4 Å². The fraction of sp³-hybridized carbons (Fsp3) is 0.217. The first-order valence-corrected chi connectivity index (χ1v) is 9.19. The van der Waals surface area contributed by atoms with Crippen LogP contribution in [-0.2, 0) is 0 Å². The van der Waals surface area contributed by atoms with Crippen LogP contribution >= 0.6 is 0 Å². The van der Waals surface area contributed by atoms with Gasteiger partial charge in [0.25, 0.3) is 5.91 Å². The summed E-state index contributed by atoms with van der Waals surface area (Å²) >= 11 is 0. The molecule has 0 saturated carbocycles. The van der Waals surface area contributed by atoms with E-state index in [1.807, 2.05) is 26.0 Å². The molecule has 1 amide bonds. The molecule has 0 radical (unpaired) electrons. The van der Waals surface area contributed by atoms with Crippen molar-refractivity contribution in [3.8, 4) is 11.5 Å². The van der Waals surface area contributed by atoms with Gasteiger partial charge in [0.05, 0.1) is 12.2 Å². The molecule has 0 heterocycles. The van der Waals surface area contributed by atoms with Crippen molar-refractivity contribution in [2.75, 3.05) is 13.2 Å². The number of aryl methyl sites for hydroxylation is 2. The summed E-state index contributed by atoms with van der Waals surface area (Å²) in [5, 5.41) is 14.3. The lowest BCUT2D eigenvalue weighted by Gasteiger charge is -2.11. The molecule has 0 aliphatic carbocycles. The Morgan fingerprint density at radius 2 is 1.93 bits per heavy atom. The summed E-state index contributed by atoms with van der Waals surface area (Å²) < 4.78 is 5.75. The minimum Gasteiger partial charge on any atom is -0.506 e. The Balaban J connectivity index is 1.58. The van der Waals surface area contributed by atoms with Crippen LogP contribution in [0.2, 0.25) is 0 Å². The maximum atomic E-state index is 12.4. The molecule has 0 unspecified atom stereocenters. The van der Waals surface area contributed by atoms with Crippen molar-refractivity contribution in [1.82, 2.24) is 5.32 Å². The van der Waals surface area contributed by atoms with Crippen molar-refractivity contribution in [3.05, 3.63) is 70.8 Å². The average molecular weight is 377 g/mol. The van der Waals surface area contributed by atoms with Gasteiger partial charge >= 0.3 is 0 Å². The molecule has 5 heteroatoms. The molecular formula is C23H23NO4. The van der Waals surface area contributed by atoms with E-state index in [1.165, 1.54) is 11.6 Å². The monoisotopic (exact) mass is 377 g/mol. The molecule has 0 atom stereocenters. The summed E-state index contributed by atoms with van der Waals surface area (Å²) in [6, 6.07) is 14.3. The first-order chi connectivity index (χ1) is 13.5. The van der Waals surface area contributed by atoms with E-state index < -0.39 is 0 Å². The number of phenolic OH excluding ortho intramolecular Hbond substituents is 1. The van der Waals surface area contributed by atoms with Gasteiger partial charge in [-0.2, -0.15) is 0 Å². The molecule has 0 saturated heterocycles. The van der Waals surface area contributed by atoms with Crippen LogP contribution in [0.3, 0.4) is 0 Å². The number of carbonyl (C=O) groups excluding carboxylic acids is 2. The van der Waals surface area contributed by atoms with Gasteiger partial charge in [0.1, 0.15) is 11.5 Å². The Kier molecular flexibility index (Phi) is 5.94. The highest BCUT2D eigenvalue weighted by Gasteiger charge is 2.14. The van der Waals surface area contributed by atoms with E-state index in [1.54, 1.807) is 24.3 Å². The molecule has 3 rings (SSSR count). The smallest absolute Gasteiger partial charge is 0.255 e. The van der Waals surface area contributed by atoms with Gasteiger partial charge in [-0.15, -0.1) is 0 Å². The number of carbonyl (C=O) groups is 2. The molecule has 0 spiro atoms. The molecule has 0 aliphatic rings. The number of nitrogens with one attached hydrogen (secondary N) is 1. The van der Waals surface area contributed by atoms with Gasteiger partial charge in [0.15, 0.2) is 6.29 Å². The first kappa shape index (κ1) is 19.4. The van der Waals surface area contributed by atoms with Crippen LogP contribution in [0.15, 0.2) is 48.5 Å². The van der Waals surface area contributed by atoms with Crippen LogP contribution in [0.1, 0.15) is 38.3 Å². The molecule has 0 fully saturated rings. The van der Waals surface area contributed by atoms with Gasteiger partial charge < -0.3 is 15.2 Å². The highest BCUT2D eigenvalue weighted by atomic mass is 16.5. The van der Waals surface area contributed by atoms with Crippen LogP contribution in [0, 0.1) is 13.8 Å². The summed E-state index contributed by atoms with van der Waals surface area (Å²) in [5.41, 5.74) is 2.93. The normalized spacial score (nSPS) is 10.6. The summed E-state index contributed by atoms with van der Waals surface area (Å²) in [6.45, 7) is 4.95. The molecule has 3 aromatic carbocycles. The molecule has 3 aromatic rings. The molecule has 2 N–H and O–H groups in total. The Hall–Kier alpha value is -3.34. The van der Waals surface area contributed by atoms with Gasteiger partial charge in [-0.25, -0.2) is 0 Å². The Morgan fingerprint density at radius 3 is 2.68 bits per heavy atom. The molecule has 0 bridgehead atoms. The lowest BCUT2D eigenvalue weighted by atomic mass is 10.0. The zero-order chi connectivity index (χ0) is 20.1. The fourth-order valence-corrected chi connectivity index (χ4v) is 3.16. The topological polar surface area (TPSA) is 75.6 Å². The second-order valence-corrected chi connectivity index (χ2v) is 6.75. The highest BCUT2D eigenvalue weighted by molar-refractivity contribution is 6.07. The summed E-state index contributed by atoms with van der Waals surface area (Å²) in [4.78, 5) is 23.5. The largest absolute Gasteiger partial charge is 0.506 e.